The van der Waals surface area contributed by atoms with Crippen LogP contribution in [-0.4, -0.2) is 17.7 Å². The maximum Gasteiger partial charge on any atom is 0.241 e. The Bertz CT molecular complexity index is 424. The molecule has 1 unspecified atom stereocenters. The second-order valence-electron chi connectivity index (χ2n) is 4.86. The van der Waals surface area contributed by atoms with Gasteiger partial charge in [-0.15, -0.1) is 0 Å². The van der Waals surface area contributed by atoms with Gasteiger partial charge in [0.2, 0.25) is 5.91 Å². The fourth-order valence-corrected chi connectivity index (χ4v) is 1.64. The predicted molar refractivity (Wildman–Crippen MR) is 72.5 cm³/mol. The Hall–Kier alpha value is -1.68. The highest BCUT2D eigenvalue weighted by molar-refractivity contribution is 5.97. The molecule has 4 heteroatoms. The molecule has 0 aliphatic carbocycles. The highest BCUT2D eigenvalue weighted by atomic mass is 16.2. The Morgan fingerprint density at radius 1 is 1.22 bits per heavy atom. The van der Waals surface area contributed by atoms with Crippen molar-refractivity contribution in [2.75, 3.05) is 5.32 Å². The minimum Gasteiger partial charge on any atom is -0.325 e. The molecule has 1 aromatic carbocycles. The molecule has 0 aliphatic rings. The fourth-order valence-electron chi connectivity index (χ4n) is 1.64. The van der Waals surface area contributed by atoms with Crippen molar-refractivity contribution < 1.29 is 9.59 Å². The third-order valence-electron chi connectivity index (χ3n) is 2.62. The Labute approximate surface area is 108 Å². The van der Waals surface area contributed by atoms with E-state index < -0.39 is 6.04 Å². The van der Waals surface area contributed by atoms with Crippen LogP contribution < -0.4 is 11.1 Å². The summed E-state index contributed by atoms with van der Waals surface area (Å²) in [4.78, 5) is 22.9. The lowest BCUT2D eigenvalue weighted by Crippen LogP contribution is -2.36. The average Bonchev–Trinajstić information content (AvgIpc) is 2.28. The summed E-state index contributed by atoms with van der Waals surface area (Å²) in [7, 11) is 0. The lowest BCUT2D eigenvalue weighted by molar-refractivity contribution is -0.117. The van der Waals surface area contributed by atoms with E-state index in [1.54, 1.807) is 24.3 Å². The van der Waals surface area contributed by atoms with Crippen LogP contribution >= 0.6 is 0 Å². The van der Waals surface area contributed by atoms with E-state index in [9.17, 15) is 9.59 Å². The van der Waals surface area contributed by atoms with Crippen LogP contribution in [0.4, 0.5) is 5.69 Å². The number of carbonyl (C=O) groups is 2. The van der Waals surface area contributed by atoms with Gasteiger partial charge in [-0.1, -0.05) is 13.8 Å². The van der Waals surface area contributed by atoms with Gasteiger partial charge in [-0.05, 0) is 43.5 Å². The SMILES string of the molecule is CC(=O)c1ccc(NC(=O)C(N)CC(C)C)cc1. The number of ketones is 1. The van der Waals surface area contributed by atoms with Crippen molar-refractivity contribution in [2.45, 2.75) is 33.2 Å². The maximum absolute atomic E-state index is 11.8. The number of hydrogen-bond acceptors (Lipinski definition) is 3. The van der Waals surface area contributed by atoms with Gasteiger partial charge >= 0.3 is 0 Å². The number of benzene rings is 1. The van der Waals surface area contributed by atoms with Gasteiger partial charge in [0.1, 0.15) is 0 Å². The minimum atomic E-state index is -0.502. The third kappa shape index (κ3) is 4.30. The van der Waals surface area contributed by atoms with Crippen LogP contribution in [0.15, 0.2) is 24.3 Å². The van der Waals surface area contributed by atoms with E-state index in [2.05, 4.69) is 5.32 Å². The number of Topliss-reactive ketones (excluding diaryl/α,β-unsaturated/α-hetero) is 1. The average molecular weight is 248 g/mol. The summed E-state index contributed by atoms with van der Waals surface area (Å²) < 4.78 is 0. The summed E-state index contributed by atoms with van der Waals surface area (Å²) in [5, 5.41) is 2.74. The van der Waals surface area contributed by atoms with Crippen molar-refractivity contribution >= 4 is 17.4 Å². The standard InChI is InChI=1S/C14H20N2O2/c1-9(2)8-13(15)14(18)16-12-6-4-11(5-7-12)10(3)17/h4-7,9,13H,8,15H2,1-3H3,(H,16,18). The highest BCUT2D eigenvalue weighted by Crippen LogP contribution is 2.11. The molecule has 0 saturated heterocycles. The van der Waals surface area contributed by atoms with Gasteiger partial charge in [-0.2, -0.15) is 0 Å². The van der Waals surface area contributed by atoms with Gasteiger partial charge in [0.05, 0.1) is 6.04 Å². The van der Waals surface area contributed by atoms with Crippen molar-refractivity contribution in [3.8, 4) is 0 Å². The van der Waals surface area contributed by atoms with E-state index in [0.717, 1.165) is 0 Å². The van der Waals surface area contributed by atoms with Crippen molar-refractivity contribution in [1.29, 1.82) is 0 Å². The van der Waals surface area contributed by atoms with E-state index in [0.29, 0.717) is 23.6 Å². The number of nitrogens with one attached hydrogen (secondary N) is 1. The van der Waals surface area contributed by atoms with Crippen LogP contribution in [0.3, 0.4) is 0 Å². The summed E-state index contributed by atoms with van der Waals surface area (Å²) in [5.41, 5.74) is 7.06. The van der Waals surface area contributed by atoms with E-state index in [1.165, 1.54) is 6.92 Å². The molecule has 1 aromatic rings. The van der Waals surface area contributed by atoms with E-state index in [4.69, 9.17) is 5.73 Å². The lowest BCUT2D eigenvalue weighted by atomic mass is 10.0. The molecular formula is C14H20N2O2. The molecule has 0 fully saturated rings. The summed E-state index contributed by atoms with van der Waals surface area (Å²) in [6.45, 7) is 5.55. The zero-order valence-corrected chi connectivity index (χ0v) is 11.1. The van der Waals surface area contributed by atoms with Gasteiger partial charge < -0.3 is 11.1 Å². The van der Waals surface area contributed by atoms with E-state index in [-0.39, 0.29) is 11.7 Å². The van der Waals surface area contributed by atoms with Crippen LogP contribution in [0.5, 0.6) is 0 Å². The molecule has 4 nitrogen and oxygen atoms in total. The molecule has 0 saturated carbocycles. The normalized spacial score (nSPS) is 12.3. The molecule has 0 aromatic heterocycles. The number of carbonyl (C=O) groups excluding carboxylic acids is 2. The predicted octanol–water partition coefficient (Wildman–Crippen LogP) is 2.20. The first-order valence-electron chi connectivity index (χ1n) is 6.07. The Balaban J connectivity index is 2.62. The van der Waals surface area contributed by atoms with Gasteiger partial charge in [0, 0.05) is 11.3 Å². The first-order chi connectivity index (χ1) is 8.40. The second-order valence-corrected chi connectivity index (χ2v) is 4.86. The second kappa shape index (κ2) is 6.31. The van der Waals surface area contributed by atoms with E-state index in [1.807, 2.05) is 13.8 Å². The zero-order chi connectivity index (χ0) is 13.7. The summed E-state index contributed by atoms with van der Waals surface area (Å²) in [6.07, 6.45) is 0.650. The van der Waals surface area contributed by atoms with Gasteiger partial charge in [0.15, 0.2) is 5.78 Å². The van der Waals surface area contributed by atoms with Crippen LogP contribution in [0, 0.1) is 5.92 Å². The molecule has 1 atom stereocenters. The van der Waals surface area contributed by atoms with Crippen molar-refractivity contribution in [1.82, 2.24) is 0 Å². The first-order valence-corrected chi connectivity index (χ1v) is 6.07. The molecule has 1 rings (SSSR count). The molecule has 1 amide bonds. The molecule has 3 N–H and O–H groups in total. The molecule has 18 heavy (non-hydrogen) atoms. The minimum absolute atomic E-state index is 0.00406. The van der Waals surface area contributed by atoms with Crippen LogP contribution in [0.2, 0.25) is 0 Å². The molecule has 0 heterocycles. The third-order valence-corrected chi connectivity index (χ3v) is 2.62. The topological polar surface area (TPSA) is 72.2 Å². The van der Waals surface area contributed by atoms with Crippen LogP contribution in [-0.2, 0) is 4.79 Å². The Kier molecular flexibility index (Phi) is 5.04. The smallest absolute Gasteiger partial charge is 0.241 e. The number of nitrogens with two attached hydrogens (primary N) is 1. The molecule has 98 valence electrons. The van der Waals surface area contributed by atoms with Crippen LogP contribution in [0.25, 0.3) is 0 Å². The monoisotopic (exact) mass is 248 g/mol. The zero-order valence-electron chi connectivity index (χ0n) is 11.1. The lowest BCUT2D eigenvalue weighted by Gasteiger charge is -2.14. The largest absolute Gasteiger partial charge is 0.325 e. The van der Waals surface area contributed by atoms with Crippen LogP contribution in [0.1, 0.15) is 37.6 Å². The number of amides is 1. The van der Waals surface area contributed by atoms with Crippen molar-refractivity contribution in [2.24, 2.45) is 11.7 Å². The summed E-state index contributed by atoms with van der Waals surface area (Å²) in [5.74, 6) is 0.189. The first kappa shape index (κ1) is 14.4. The number of anilines is 1. The summed E-state index contributed by atoms with van der Waals surface area (Å²) >= 11 is 0. The number of rotatable bonds is 5. The van der Waals surface area contributed by atoms with Gasteiger partial charge in [-0.3, -0.25) is 9.59 Å². The Morgan fingerprint density at radius 2 is 1.78 bits per heavy atom. The quantitative estimate of drug-likeness (QED) is 0.785. The fraction of sp³-hybridized carbons (Fsp3) is 0.429. The summed E-state index contributed by atoms with van der Waals surface area (Å²) in [6, 6.07) is 6.28. The molecule has 0 bridgehead atoms. The molecule has 0 aliphatic heterocycles. The van der Waals surface area contributed by atoms with Gasteiger partial charge in [-0.25, -0.2) is 0 Å². The van der Waals surface area contributed by atoms with Crippen molar-refractivity contribution in [3.63, 3.8) is 0 Å². The van der Waals surface area contributed by atoms with Gasteiger partial charge in [0.25, 0.3) is 0 Å². The molecular weight excluding hydrogens is 228 g/mol. The number of hydrogen-bond donors (Lipinski definition) is 2. The highest BCUT2D eigenvalue weighted by Gasteiger charge is 2.14. The van der Waals surface area contributed by atoms with Crippen molar-refractivity contribution in [3.05, 3.63) is 29.8 Å². The van der Waals surface area contributed by atoms with E-state index >= 15 is 0 Å². The maximum atomic E-state index is 11.8. The Morgan fingerprint density at radius 3 is 2.22 bits per heavy atom. The molecule has 0 spiro atoms. The molecule has 0 radical (unpaired) electrons.